The second-order valence-electron chi connectivity index (χ2n) is 5.33. The molecule has 2 N–H and O–H groups in total. The summed E-state index contributed by atoms with van der Waals surface area (Å²) in [5, 5.41) is 5.76. The Kier molecular flexibility index (Phi) is 5.49. The van der Waals surface area contributed by atoms with Crippen LogP contribution in [0.15, 0.2) is 35.1 Å². The van der Waals surface area contributed by atoms with Gasteiger partial charge in [0, 0.05) is 12.1 Å². The number of aromatic amines is 1. The van der Waals surface area contributed by atoms with Crippen molar-refractivity contribution in [3.8, 4) is 5.69 Å². The molecule has 0 saturated carbocycles. The van der Waals surface area contributed by atoms with Crippen molar-refractivity contribution in [3.63, 3.8) is 0 Å². The molecule has 0 spiro atoms. The normalized spacial score (nSPS) is 12.1. The zero-order valence-electron chi connectivity index (χ0n) is 13.1. The van der Waals surface area contributed by atoms with Crippen molar-refractivity contribution in [3.05, 3.63) is 51.9 Å². The van der Waals surface area contributed by atoms with Gasteiger partial charge in [0.25, 0.3) is 11.5 Å². The highest BCUT2D eigenvalue weighted by atomic mass is 32.2. The molecule has 0 saturated heterocycles. The Morgan fingerprint density at radius 2 is 2.05 bits per heavy atom. The highest BCUT2D eigenvalue weighted by Crippen LogP contribution is 2.07. The van der Waals surface area contributed by atoms with E-state index in [2.05, 4.69) is 10.4 Å². The molecule has 1 amide bonds. The Balaban J connectivity index is 2.14. The van der Waals surface area contributed by atoms with Gasteiger partial charge < -0.3 is 5.32 Å². The quantitative estimate of drug-likeness (QED) is 0.859. The maximum absolute atomic E-state index is 12.2. The zero-order valence-corrected chi connectivity index (χ0v) is 13.9. The van der Waals surface area contributed by atoms with Gasteiger partial charge in [-0.25, -0.2) is 4.68 Å². The number of nitrogens with zero attached hydrogens (tertiary/aromatic N) is 1. The van der Waals surface area contributed by atoms with Gasteiger partial charge in [-0.05, 0) is 44.4 Å². The standard InChI is InChI=1S/C16H21N3O2S/c1-11-4-6-13(7-5-11)19-15(20)10-14(18-19)16(21)17-12(2)8-9-22-3/h4-7,10,12,18H,8-9H2,1-3H3,(H,17,21)/t12-/m0/s1. The first kappa shape index (κ1) is 16.4. The number of amides is 1. The molecule has 0 fully saturated rings. The molecule has 0 unspecified atom stereocenters. The van der Waals surface area contributed by atoms with Gasteiger partial charge in [-0.3, -0.25) is 14.7 Å². The van der Waals surface area contributed by atoms with Crippen LogP contribution in [0.5, 0.6) is 0 Å². The number of hydrogen-bond acceptors (Lipinski definition) is 3. The van der Waals surface area contributed by atoms with Crippen LogP contribution >= 0.6 is 11.8 Å². The Hall–Kier alpha value is -1.95. The molecular formula is C16H21N3O2S. The number of aryl methyl sites for hydroxylation is 1. The lowest BCUT2D eigenvalue weighted by molar-refractivity contribution is 0.0934. The zero-order chi connectivity index (χ0) is 16.1. The van der Waals surface area contributed by atoms with Crippen LogP contribution in [0.3, 0.4) is 0 Å². The smallest absolute Gasteiger partial charge is 0.271 e. The van der Waals surface area contributed by atoms with Crippen molar-refractivity contribution in [2.75, 3.05) is 12.0 Å². The van der Waals surface area contributed by atoms with Crippen molar-refractivity contribution in [2.24, 2.45) is 0 Å². The molecule has 0 aliphatic heterocycles. The number of aromatic nitrogens is 2. The first-order valence-corrected chi connectivity index (χ1v) is 8.59. The number of carbonyl (C=O) groups is 1. The molecule has 118 valence electrons. The average molecular weight is 319 g/mol. The van der Waals surface area contributed by atoms with Crippen LogP contribution in [-0.2, 0) is 0 Å². The van der Waals surface area contributed by atoms with Crippen molar-refractivity contribution in [2.45, 2.75) is 26.3 Å². The fourth-order valence-corrected chi connectivity index (χ4v) is 2.66. The molecule has 0 radical (unpaired) electrons. The summed E-state index contributed by atoms with van der Waals surface area (Å²) in [7, 11) is 0. The summed E-state index contributed by atoms with van der Waals surface area (Å²) >= 11 is 1.74. The minimum atomic E-state index is -0.253. The number of thioether (sulfide) groups is 1. The second-order valence-corrected chi connectivity index (χ2v) is 6.32. The minimum Gasteiger partial charge on any atom is -0.348 e. The lowest BCUT2D eigenvalue weighted by atomic mass is 10.2. The molecule has 1 aromatic carbocycles. The molecule has 2 rings (SSSR count). The third kappa shape index (κ3) is 4.04. The van der Waals surface area contributed by atoms with Gasteiger partial charge in [-0.2, -0.15) is 11.8 Å². The van der Waals surface area contributed by atoms with Crippen LogP contribution in [0.2, 0.25) is 0 Å². The lowest BCUT2D eigenvalue weighted by Gasteiger charge is -2.12. The van der Waals surface area contributed by atoms with E-state index in [-0.39, 0.29) is 23.2 Å². The molecule has 1 atom stereocenters. The maximum Gasteiger partial charge on any atom is 0.271 e. The number of benzene rings is 1. The summed E-state index contributed by atoms with van der Waals surface area (Å²) in [6.07, 6.45) is 2.93. The highest BCUT2D eigenvalue weighted by molar-refractivity contribution is 7.98. The lowest BCUT2D eigenvalue weighted by Crippen LogP contribution is -2.33. The van der Waals surface area contributed by atoms with E-state index in [9.17, 15) is 9.59 Å². The molecule has 5 nitrogen and oxygen atoms in total. The van der Waals surface area contributed by atoms with Crippen LogP contribution < -0.4 is 10.9 Å². The molecule has 6 heteroatoms. The fourth-order valence-electron chi connectivity index (χ4n) is 2.07. The summed E-state index contributed by atoms with van der Waals surface area (Å²) in [6, 6.07) is 8.94. The first-order valence-electron chi connectivity index (χ1n) is 7.20. The van der Waals surface area contributed by atoms with Crippen LogP contribution in [0.1, 0.15) is 29.4 Å². The van der Waals surface area contributed by atoms with Gasteiger partial charge in [0.1, 0.15) is 5.69 Å². The van der Waals surface area contributed by atoms with Crippen LogP contribution in [0, 0.1) is 6.92 Å². The molecule has 1 heterocycles. The Labute approximate surface area is 134 Å². The van der Waals surface area contributed by atoms with E-state index >= 15 is 0 Å². The first-order chi connectivity index (χ1) is 10.5. The average Bonchev–Trinajstić information content (AvgIpc) is 2.88. The summed E-state index contributed by atoms with van der Waals surface area (Å²) in [5.74, 6) is 0.735. The molecule has 1 aromatic heterocycles. The molecule has 0 bridgehead atoms. The van der Waals surface area contributed by atoms with Crippen LogP contribution in [0.25, 0.3) is 5.69 Å². The van der Waals surface area contributed by atoms with Gasteiger partial charge in [0.15, 0.2) is 0 Å². The van der Waals surface area contributed by atoms with Gasteiger partial charge in [0.05, 0.1) is 5.69 Å². The molecule has 0 aliphatic rings. The third-order valence-electron chi connectivity index (χ3n) is 3.39. The maximum atomic E-state index is 12.2. The van der Waals surface area contributed by atoms with E-state index in [1.807, 2.05) is 44.4 Å². The molecule has 22 heavy (non-hydrogen) atoms. The molecule has 2 aromatic rings. The largest absolute Gasteiger partial charge is 0.348 e. The number of nitrogens with one attached hydrogen (secondary N) is 2. The van der Waals surface area contributed by atoms with E-state index in [1.165, 1.54) is 10.7 Å². The Bertz CT molecular complexity index is 688. The summed E-state index contributed by atoms with van der Waals surface area (Å²) in [6.45, 7) is 3.94. The predicted octanol–water partition coefficient (Wildman–Crippen LogP) is 2.35. The molecule has 0 aliphatic carbocycles. The number of hydrogen-bond donors (Lipinski definition) is 2. The number of rotatable bonds is 6. The van der Waals surface area contributed by atoms with E-state index < -0.39 is 0 Å². The van der Waals surface area contributed by atoms with E-state index in [1.54, 1.807) is 11.8 Å². The van der Waals surface area contributed by atoms with Gasteiger partial charge in [-0.15, -0.1) is 0 Å². The fraction of sp³-hybridized carbons (Fsp3) is 0.375. The second kappa shape index (κ2) is 7.35. The van der Waals surface area contributed by atoms with Crippen LogP contribution in [0.4, 0.5) is 0 Å². The van der Waals surface area contributed by atoms with Crippen molar-refractivity contribution in [1.29, 1.82) is 0 Å². The minimum absolute atomic E-state index is 0.0752. The van der Waals surface area contributed by atoms with Gasteiger partial charge in [-0.1, -0.05) is 17.7 Å². The van der Waals surface area contributed by atoms with E-state index in [0.29, 0.717) is 5.69 Å². The Morgan fingerprint density at radius 1 is 1.36 bits per heavy atom. The predicted molar refractivity (Wildman–Crippen MR) is 91.1 cm³/mol. The summed E-state index contributed by atoms with van der Waals surface area (Å²) in [4.78, 5) is 24.2. The molecular weight excluding hydrogens is 298 g/mol. The summed E-state index contributed by atoms with van der Waals surface area (Å²) in [5.41, 5.74) is 1.86. The number of H-pyrrole nitrogens is 1. The third-order valence-corrected chi connectivity index (χ3v) is 4.03. The SMILES string of the molecule is CSCC[C@H](C)NC(=O)c1cc(=O)n(-c2ccc(C)cc2)[nH]1. The van der Waals surface area contributed by atoms with Crippen LogP contribution in [-0.4, -0.2) is 33.7 Å². The van der Waals surface area contributed by atoms with E-state index in [0.717, 1.165) is 17.7 Å². The summed E-state index contributed by atoms with van der Waals surface area (Å²) < 4.78 is 1.38. The van der Waals surface area contributed by atoms with Crippen molar-refractivity contribution >= 4 is 17.7 Å². The number of carbonyl (C=O) groups excluding carboxylic acids is 1. The van der Waals surface area contributed by atoms with Gasteiger partial charge in [0.2, 0.25) is 0 Å². The van der Waals surface area contributed by atoms with Gasteiger partial charge >= 0.3 is 0 Å². The van der Waals surface area contributed by atoms with Crippen molar-refractivity contribution in [1.82, 2.24) is 15.1 Å². The Morgan fingerprint density at radius 3 is 2.68 bits per heavy atom. The monoisotopic (exact) mass is 319 g/mol. The topological polar surface area (TPSA) is 66.9 Å². The highest BCUT2D eigenvalue weighted by Gasteiger charge is 2.14. The van der Waals surface area contributed by atoms with E-state index in [4.69, 9.17) is 0 Å². The van der Waals surface area contributed by atoms with Crippen molar-refractivity contribution < 1.29 is 4.79 Å².